The zero-order valence-corrected chi connectivity index (χ0v) is 15.2. The lowest BCUT2D eigenvalue weighted by Gasteiger charge is -2.04. The number of aryl methyl sites for hydroxylation is 1. The van der Waals surface area contributed by atoms with Gasteiger partial charge in [0.25, 0.3) is 0 Å². The molecule has 0 amide bonds. The maximum absolute atomic E-state index is 12.0. The summed E-state index contributed by atoms with van der Waals surface area (Å²) in [5.41, 5.74) is -0.937. The van der Waals surface area contributed by atoms with Crippen molar-refractivity contribution in [3.05, 3.63) is 27.8 Å². The summed E-state index contributed by atoms with van der Waals surface area (Å²) in [7, 11) is 0. The van der Waals surface area contributed by atoms with Gasteiger partial charge in [-0.25, -0.2) is 4.79 Å². The number of carbonyl (C=O) groups is 1. The van der Waals surface area contributed by atoms with Crippen molar-refractivity contribution in [1.29, 1.82) is 0 Å². The van der Waals surface area contributed by atoms with Crippen molar-refractivity contribution in [2.45, 2.75) is 90.9 Å². The Morgan fingerprint density at radius 3 is 1.96 bits per heavy atom. The van der Waals surface area contributed by atoms with Crippen LogP contribution in [0.4, 0.5) is 0 Å². The second kappa shape index (κ2) is 11.9. The average Bonchev–Trinajstić information content (AvgIpc) is 2.51. The lowest BCUT2D eigenvalue weighted by atomic mass is 10.0. The smallest absolute Gasteiger partial charge is 0.350 e. The Kier molecular flexibility index (Phi) is 10.1. The second-order valence-electron chi connectivity index (χ2n) is 6.61. The number of Topliss-reactive ketones (excluding diaryl/α,β-unsaturated/α-hetero) is 1. The van der Waals surface area contributed by atoms with Crippen LogP contribution >= 0.6 is 0 Å². The van der Waals surface area contributed by atoms with Gasteiger partial charge < -0.3 is 9.52 Å². The van der Waals surface area contributed by atoms with Crippen LogP contribution in [0.3, 0.4) is 0 Å². The fourth-order valence-corrected chi connectivity index (χ4v) is 2.93. The molecule has 0 fully saturated rings. The molecule has 1 rings (SSSR count). The number of rotatable bonds is 13. The number of carbonyl (C=O) groups excluding carboxylic acids is 1. The zero-order chi connectivity index (χ0) is 17.8. The molecule has 0 spiro atoms. The molecular weight excluding hydrogens is 304 g/mol. The number of ketones is 1. The van der Waals surface area contributed by atoms with E-state index in [4.69, 9.17) is 4.42 Å². The van der Waals surface area contributed by atoms with Crippen molar-refractivity contribution in [2.24, 2.45) is 0 Å². The first kappa shape index (κ1) is 20.5. The number of hydrogen-bond donors (Lipinski definition) is 1. The van der Waals surface area contributed by atoms with Crippen molar-refractivity contribution in [2.75, 3.05) is 0 Å². The molecule has 0 atom stereocenters. The molecule has 0 saturated carbocycles. The van der Waals surface area contributed by atoms with E-state index in [9.17, 15) is 14.7 Å². The van der Waals surface area contributed by atoms with Gasteiger partial charge in [-0.2, -0.15) is 0 Å². The topological polar surface area (TPSA) is 67.5 Å². The second-order valence-corrected chi connectivity index (χ2v) is 6.61. The van der Waals surface area contributed by atoms with Crippen LogP contribution in [0.2, 0.25) is 0 Å². The van der Waals surface area contributed by atoms with Crippen molar-refractivity contribution in [3.8, 4) is 5.75 Å². The number of hydrogen-bond acceptors (Lipinski definition) is 4. The number of unbranched alkanes of at least 4 members (excludes halogenated alkanes) is 10. The standard InChI is InChI=1S/C20H32O4/c1-3-4-5-6-7-8-9-10-11-12-13-14-17(21)19-18(22)15-16(2)24-20(19)23/h15,22H,3-14H2,1-2H3. The van der Waals surface area contributed by atoms with E-state index in [1.54, 1.807) is 6.92 Å². The van der Waals surface area contributed by atoms with Crippen LogP contribution in [-0.2, 0) is 0 Å². The maximum atomic E-state index is 12.0. The van der Waals surface area contributed by atoms with Gasteiger partial charge in [-0.1, -0.05) is 71.1 Å². The van der Waals surface area contributed by atoms with Gasteiger partial charge in [0.2, 0.25) is 0 Å². The predicted molar refractivity (Wildman–Crippen MR) is 96.8 cm³/mol. The van der Waals surface area contributed by atoms with Crippen LogP contribution in [0.25, 0.3) is 0 Å². The molecule has 1 heterocycles. The van der Waals surface area contributed by atoms with E-state index in [0.717, 1.165) is 19.3 Å². The summed E-state index contributed by atoms with van der Waals surface area (Å²) in [6.45, 7) is 3.80. The Bertz CT molecular complexity index is 545. The van der Waals surface area contributed by atoms with Crippen LogP contribution in [-0.4, -0.2) is 10.9 Å². The van der Waals surface area contributed by atoms with E-state index in [1.165, 1.54) is 57.4 Å². The van der Waals surface area contributed by atoms with E-state index in [0.29, 0.717) is 12.2 Å². The van der Waals surface area contributed by atoms with E-state index in [-0.39, 0.29) is 17.1 Å². The highest BCUT2D eigenvalue weighted by Gasteiger charge is 2.17. The molecule has 0 unspecified atom stereocenters. The fraction of sp³-hybridized carbons (Fsp3) is 0.700. The lowest BCUT2D eigenvalue weighted by Crippen LogP contribution is -2.14. The molecule has 0 aliphatic heterocycles. The maximum Gasteiger partial charge on any atom is 0.350 e. The molecule has 1 aromatic heterocycles. The lowest BCUT2D eigenvalue weighted by molar-refractivity contribution is 0.0972. The van der Waals surface area contributed by atoms with Crippen molar-refractivity contribution >= 4 is 5.78 Å². The molecule has 0 radical (unpaired) electrons. The van der Waals surface area contributed by atoms with Gasteiger partial charge in [0.1, 0.15) is 17.1 Å². The molecular formula is C20H32O4. The summed E-state index contributed by atoms with van der Waals surface area (Å²) in [4.78, 5) is 23.7. The van der Waals surface area contributed by atoms with Gasteiger partial charge >= 0.3 is 5.63 Å². The predicted octanol–water partition coefficient (Wildman–Crippen LogP) is 5.54. The highest BCUT2D eigenvalue weighted by atomic mass is 16.4. The first-order valence-electron chi connectivity index (χ1n) is 9.43. The zero-order valence-electron chi connectivity index (χ0n) is 15.2. The molecule has 24 heavy (non-hydrogen) atoms. The molecule has 0 bridgehead atoms. The van der Waals surface area contributed by atoms with Gasteiger partial charge in [-0.15, -0.1) is 0 Å². The minimum atomic E-state index is -0.736. The van der Waals surface area contributed by atoms with Gasteiger partial charge in [-0.3, -0.25) is 4.79 Å². The highest BCUT2D eigenvalue weighted by Crippen LogP contribution is 2.18. The fourth-order valence-electron chi connectivity index (χ4n) is 2.93. The SMILES string of the molecule is CCCCCCCCCCCCCC(=O)c1c(O)cc(C)oc1=O. The minimum Gasteiger partial charge on any atom is -0.507 e. The third-order valence-corrected chi connectivity index (χ3v) is 4.34. The first-order chi connectivity index (χ1) is 11.6. The third-order valence-electron chi connectivity index (χ3n) is 4.34. The van der Waals surface area contributed by atoms with Crippen LogP contribution in [0.5, 0.6) is 5.75 Å². The monoisotopic (exact) mass is 336 g/mol. The van der Waals surface area contributed by atoms with Crippen molar-refractivity contribution < 1.29 is 14.3 Å². The first-order valence-corrected chi connectivity index (χ1v) is 9.43. The van der Waals surface area contributed by atoms with E-state index >= 15 is 0 Å². The molecule has 0 aliphatic carbocycles. The summed E-state index contributed by atoms with van der Waals surface area (Å²) in [5.74, 6) is -0.280. The summed E-state index contributed by atoms with van der Waals surface area (Å²) >= 11 is 0. The molecule has 1 N–H and O–H groups in total. The molecule has 136 valence electrons. The molecule has 4 heteroatoms. The Labute approximate surface area is 145 Å². The summed E-state index contributed by atoms with van der Waals surface area (Å²) in [6.07, 6.45) is 13.6. The Morgan fingerprint density at radius 1 is 0.958 bits per heavy atom. The molecule has 1 aromatic rings. The van der Waals surface area contributed by atoms with E-state index in [1.807, 2.05) is 0 Å². The van der Waals surface area contributed by atoms with Gasteiger partial charge in [0, 0.05) is 12.5 Å². The van der Waals surface area contributed by atoms with Gasteiger partial charge in [-0.05, 0) is 13.3 Å². The van der Waals surface area contributed by atoms with E-state index in [2.05, 4.69) is 6.92 Å². The molecule has 4 nitrogen and oxygen atoms in total. The minimum absolute atomic E-state index is 0.201. The highest BCUT2D eigenvalue weighted by molar-refractivity contribution is 5.97. The molecule has 0 aromatic carbocycles. The third kappa shape index (κ3) is 7.80. The average molecular weight is 336 g/mol. The van der Waals surface area contributed by atoms with Crippen LogP contribution in [0, 0.1) is 6.92 Å². The summed E-state index contributed by atoms with van der Waals surface area (Å²) < 4.78 is 4.88. The summed E-state index contributed by atoms with van der Waals surface area (Å²) in [6, 6.07) is 1.31. The van der Waals surface area contributed by atoms with Crippen molar-refractivity contribution in [1.82, 2.24) is 0 Å². The van der Waals surface area contributed by atoms with E-state index < -0.39 is 5.63 Å². The van der Waals surface area contributed by atoms with Crippen LogP contribution in [0.1, 0.15) is 100 Å². The Morgan fingerprint density at radius 2 is 1.46 bits per heavy atom. The van der Waals surface area contributed by atoms with Crippen LogP contribution in [0.15, 0.2) is 15.3 Å². The summed E-state index contributed by atoms with van der Waals surface area (Å²) in [5, 5.41) is 9.74. The van der Waals surface area contributed by atoms with Crippen LogP contribution < -0.4 is 5.63 Å². The normalized spacial score (nSPS) is 10.9. The largest absolute Gasteiger partial charge is 0.507 e. The quantitative estimate of drug-likeness (QED) is 0.379. The van der Waals surface area contributed by atoms with Crippen molar-refractivity contribution in [3.63, 3.8) is 0 Å². The Hall–Kier alpha value is -1.58. The molecule has 0 saturated heterocycles. The van der Waals surface area contributed by atoms with Gasteiger partial charge in [0.05, 0.1) is 0 Å². The molecule has 0 aliphatic rings. The Balaban J connectivity index is 2.11. The number of aromatic hydroxyl groups is 1. The van der Waals surface area contributed by atoms with Gasteiger partial charge in [0.15, 0.2) is 5.78 Å².